The molecule has 6 nitrogen and oxygen atoms in total. The maximum Gasteiger partial charge on any atom is 0.300 e. The zero-order valence-corrected chi connectivity index (χ0v) is 22.5. The third kappa shape index (κ3) is 4.71. The molecule has 37 heavy (non-hydrogen) atoms. The van der Waals surface area contributed by atoms with Crippen molar-refractivity contribution in [3.05, 3.63) is 94.1 Å². The summed E-state index contributed by atoms with van der Waals surface area (Å²) < 4.78 is 5.42. The van der Waals surface area contributed by atoms with Gasteiger partial charge < -0.3 is 14.7 Å². The normalized spacial score (nSPS) is 17.0. The Kier molecular flexibility index (Phi) is 7.12. The van der Waals surface area contributed by atoms with E-state index in [-0.39, 0.29) is 11.3 Å². The molecular formula is C31H34N2O4. The summed E-state index contributed by atoms with van der Waals surface area (Å²) in [5, 5.41) is 11.6. The van der Waals surface area contributed by atoms with Gasteiger partial charge >= 0.3 is 0 Å². The van der Waals surface area contributed by atoms with Gasteiger partial charge in [-0.2, -0.15) is 0 Å². The molecule has 0 radical (unpaired) electrons. The number of ether oxygens (including phenoxy) is 1. The number of hydrogen-bond donors (Lipinski definition) is 1. The second-order valence-electron chi connectivity index (χ2n) is 10.0. The van der Waals surface area contributed by atoms with Crippen LogP contribution in [-0.2, 0) is 9.59 Å². The fourth-order valence-electron chi connectivity index (χ4n) is 4.80. The van der Waals surface area contributed by atoms with Gasteiger partial charge in [0.25, 0.3) is 11.7 Å². The average Bonchev–Trinajstić information content (AvgIpc) is 3.15. The molecule has 3 aromatic rings. The minimum atomic E-state index is -0.770. The smallest absolute Gasteiger partial charge is 0.300 e. The molecule has 1 heterocycles. The topological polar surface area (TPSA) is 70.1 Å². The van der Waals surface area contributed by atoms with Crippen molar-refractivity contribution in [3.63, 3.8) is 0 Å². The van der Waals surface area contributed by atoms with Gasteiger partial charge in [-0.15, -0.1) is 0 Å². The first-order valence-electron chi connectivity index (χ1n) is 12.4. The Labute approximate surface area is 218 Å². The summed E-state index contributed by atoms with van der Waals surface area (Å²) in [6.45, 7) is 7.95. The van der Waals surface area contributed by atoms with E-state index in [1.807, 2.05) is 87.4 Å². The highest BCUT2D eigenvalue weighted by molar-refractivity contribution is 6.51. The summed E-state index contributed by atoms with van der Waals surface area (Å²) >= 11 is 0. The van der Waals surface area contributed by atoms with Gasteiger partial charge in [-0.05, 0) is 78.4 Å². The van der Waals surface area contributed by atoms with Crippen molar-refractivity contribution in [2.45, 2.75) is 39.7 Å². The predicted octanol–water partition coefficient (Wildman–Crippen LogP) is 6.13. The summed E-state index contributed by atoms with van der Waals surface area (Å²) in [6, 6.07) is 18.2. The van der Waals surface area contributed by atoms with E-state index in [1.54, 1.807) is 13.2 Å². The minimum Gasteiger partial charge on any atom is -0.507 e. The van der Waals surface area contributed by atoms with E-state index in [0.29, 0.717) is 22.9 Å². The fraction of sp³-hybridized carbons (Fsp3) is 0.290. The lowest BCUT2D eigenvalue weighted by Gasteiger charge is -2.26. The van der Waals surface area contributed by atoms with Crippen molar-refractivity contribution >= 4 is 28.8 Å². The molecule has 0 aromatic heterocycles. The van der Waals surface area contributed by atoms with Gasteiger partial charge in [0.1, 0.15) is 11.5 Å². The average molecular weight is 499 g/mol. The summed E-state index contributed by atoms with van der Waals surface area (Å²) in [6.07, 6.45) is 0. The van der Waals surface area contributed by atoms with Gasteiger partial charge in [-0.3, -0.25) is 14.5 Å². The van der Waals surface area contributed by atoms with Gasteiger partial charge in [0, 0.05) is 31.0 Å². The molecule has 0 aliphatic carbocycles. The number of carbonyl (C=O) groups excluding carboxylic acids is 2. The number of aliphatic hydroxyl groups is 1. The highest BCUT2D eigenvalue weighted by Gasteiger charge is 2.47. The number of methoxy groups -OCH3 is 1. The number of anilines is 2. The molecule has 1 fully saturated rings. The molecule has 1 atom stereocenters. The number of nitrogens with zero attached hydrogens (tertiary/aromatic N) is 2. The number of rotatable bonds is 6. The van der Waals surface area contributed by atoms with Crippen molar-refractivity contribution in [2.75, 3.05) is 31.0 Å². The van der Waals surface area contributed by atoms with E-state index in [4.69, 9.17) is 4.74 Å². The molecule has 0 spiro atoms. The Morgan fingerprint density at radius 3 is 2.11 bits per heavy atom. The number of aryl methyl sites for hydroxylation is 2. The monoisotopic (exact) mass is 498 g/mol. The summed E-state index contributed by atoms with van der Waals surface area (Å²) in [7, 11) is 5.47. The first-order chi connectivity index (χ1) is 17.5. The van der Waals surface area contributed by atoms with Gasteiger partial charge in [0.15, 0.2) is 0 Å². The van der Waals surface area contributed by atoms with Crippen LogP contribution >= 0.6 is 0 Å². The van der Waals surface area contributed by atoms with Gasteiger partial charge in [0.2, 0.25) is 0 Å². The lowest BCUT2D eigenvalue weighted by Crippen LogP contribution is -2.29. The lowest BCUT2D eigenvalue weighted by molar-refractivity contribution is -0.132. The first kappa shape index (κ1) is 26.0. The molecule has 192 valence electrons. The van der Waals surface area contributed by atoms with Gasteiger partial charge in [0.05, 0.1) is 18.7 Å². The Hall–Kier alpha value is -4.06. The lowest BCUT2D eigenvalue weighted by atomic mass is 9.91. The Morgan fingerprint density at radius 2 is 1.57 bits per heavy atom. The first-order valence-corrected chi connectivity index (χ1v) is 12.4. The third-order valence-electron chi connectivity index (χ3n) is 7.00. The Balaban J connectivity index is 1.93. The van der Waals surface area contributed by atoms with Crippen LogP contribution in [0.4, 0.5) is 11.4 Å². The maximum absolute atomic E-state index is 13.5. The van der Waals surface area contributed by atoms with Crippen LogP contribution in [-0.4, -0.2) is 38.0 Å². The summed E-state index contributed by atoms with van der Waals surface area (Å²) in [5.41, 5.74) is 5.61. The van der Waals surface area contributed by atoms with E-state index in [9.17, 15) is 14.7 Å². The molecule has 0 saturated carbocycles. The Bertz CT molecular complexity index is 1370. The number of benzene rings is 3. The molecule has 1 unspecified atom stereocenters. The quantitative estimate of drug-likeness (QED) is 0.252. The molecule has 1 saturated heterocycles. The second-order valence-corrected chi connectivity index (χ2v) is 10.0. The van der Waals surface area contributed by atoms with Gasteiger partial charge in [-0.1, -0.05) is 38.1 Å². The van der Waals surface area contributed by atoms with Crippen molar-refractivity contribution < 1.29 is 19.4 Å². The third-order valence-corrected chi connectivity index (χ3v) is 7.00. The van der Waals surface area contributed by atoms with E-state index < -0.39 is 17.7 Å². The number of carbonyl (C=O) groups is 2. The number of hydrogen-bond acceptors (Lipinski definition) is 5. The number of aliphatic hydroxyl groups excluding tert-OH is 1. The van der Waals surface area contributed by atoms with Gasteiger partial charge in [-0.25, -0.2) is 0 Å². The van der Waals surface area contributed by atoms with Crippen molar-refractivity contribution in [2.24, 2.45) is 0 Å². The maximum atomic E-state index is 13.5. The number of ketones is 1. The molecule has 1 aliphatic heterocycles. The van der Waals surface area contributed by atoms with Crippen molar-refractivity contribution in [3.8, 4) is 5.75 Å². The molecular weight excluding hydrogens is 464 g/mol. The Morgan fingerprint density at radius 1 is 0.946 bits per heavy atom. The number of Topliss-reactive ketones (excluding diaryl/α,β-unsaturated/α-hetero) is 1. The van der Waals surface area contributed by atoms with E-state index in [1.165, 1.54) is 4.90 Å². The standard InChI is InChI=1S/C31H34N2O4/c1-18(2)21-8-10-22(11-9-21)28-27(29(34)25-16-20(4)26(37-7)17-19(25)3)30(35)31(36)33(28)24-14-12-23(13-15-24)32(5)6/h8-18,28,34H,1-7H3/b29-27+. The molecule has 1 aliphatic rings. The SMILES string of the molecule is COc1cc(C)c(/C(O)=C2\C(=O)C(=O)N(c3ccc(N(C)C)cc3)C2c2ccc(C(C)C)cc2)cc1C. The van der Waals surface area contributed by atoms with Crippen molar-refractivity contribution in [1.82, 2.24) is 0 Å². The van der Waals surface area contributed by atoms with Crippen LogP contribution in [0.1, 0.15) is 53.6 Å². The molecule has 6 heteroatoms. The molecule has 0 bridgehead atoms. The van der Waals surface area contributed by atoms with Crippen LogP contribution in [0, 0.1) is 13.8 Å². The van der Waals surface area contributed by atoms with Crippen LogP contribution in [0.2, 0.25) is 0 Å². The molecule has 1 N–H and O–H groups in total. The zero-order chi connectivity index (χ0) is 27.0. The highest BCUT2D eigenvalue weighted by Crippen LogP contribution is 2.43. The number of amides is 1. The van der Waals surface area contributed by atoms with Crippen LogP contribution < -0.4 is 14.5 Å². The van der Waals surface area contributed by atoms with Crippen LogP contribution in [0.15, 0.2) is 66.2 Å². The fourth-order valence-corrected chi connectivity index (χ4v) is 4.80. The molecule has 3 aromatic carbocycles. The minimum absolute atomic E-state index is 0.0756. The summed E-state index contributed by atoms with van der Waals surface area (Å²) in [5.74, 6) is -0.535. The predicted molar refractivity (Wildman–Crippen MR) is 149 cm³/mol. The largest absolute Gasteiger partial charge is 0.507 e. The van der Waals surface area contributed by atoms with E-state index >= 15 is 0 Å². The van der Waals surface area contributed by atoms with Crippen LogP contribution in [0.25, 0.3) is 5.76 Å². The van der Waals surface area contributed by atoms with Crippen molar-refractivity contribution in [1.29, 1.82) is 0 Å². The second kappa shape index (κ2) is 10.1. The zero-order valence-electron chi connectivity index (χ0n) is 22.5. The van der Waals surface area contributed by atoms with E-state index in [2.05, 4.69) is 13.8 Å². The van der Waals surface area contributed by atoms with Crippen LogP contribution in [0.3, 0.4) is 0 Å². The van der Waals surface area contributed by atoms with Crippen LogP contribution in [0.5, 0.6) is 5.75 Å². The molecule has 4 rings (SSSR count). The summed E-state index contributed by atoms with van der Waals surface area (Å²) in [4.78, 5) is 30.5. The highest BCUT2D eigenvalue weighted by atomic mass is 16.5. The molecule has 1 amide bonds. The van der Waals surface area contributed by atoms with E-state index in [0.717, 1.165) is 27.9 Å².